The monoisotopic (exact) mass is 279 g/mol. The first kappa shape index (κ1) is 16.0. The molecule has 0 bridgehead atoms. The fourth-order valence-corrected chi connectivity index (χ4v) is 2.83. The van der Waals surface area contributed by atoms with Crippen LogP contribution in [-0.4, -0.2) is 24.0 Å². The van der Waals surface area contributed by atoms with E-state index in [4.69, 9.17) is 11.0 Å². The molecule has 0 radical (unpaired) electrons. The molecule has 104 valence electrons. The van der Waals surface area contributed by atoms with Crippen molar-refractivity contribution in [3.05, 3.63) is 35.4 Å². The van der Waals surface area contributed by atoms with Gasteiger partial charge < -0.3 is 5.73 Å². The summed E-state index contributed by atoms with van der Waals surface area (Å²) in [4.78, 5) is 2.48. The number of rotatable bonds is 3. The number of nitrogens with two attached hydrogens (primary N) is 1. The number of nitriles is 1. The van der Waals surface area contributed by atoms with E-state index in [1.807, 2.05) is 24.3 Å². The van der Waals surface area contributed by atoms with Crippen LogP contribution in [-0.2, 0) is 6.54 Å². The molecule has 2 atom stereocenters. The van der Waals surface area contributed by atoms with E-state index in [-0.39, 0.29) is 12.4 Å². The minimum Gasteiger partial charge on any atom is -0.329 e. The molecule has 0 spiro atoms. The molecule has 1 saturated heterocycles. The van der Waals surface area contributed by atoms with Crippen molar-refractivity contribution in [2.24, 2.45) is 11.7 Å². The first-order valence-electron chi connectivity index (χ1n) is 6.67. The Labute approximate surface area is 121 Å². The number of halogens is 1. The van der Waals surface area contributed by atoms with Crippen molar-refractivity contribution in [1.29, 1.82) is 5.26 Å². The molecule has 1 aromatic rings. The Bertz CT molecular complexity index is 424. The van der Waals surface area contributed by atoms with E-state index in [2.05, 4.69) is 17.9 Å². The highest BCUT2D eigenvalue weighted by Gasteiger charge is 2.26. The Hall–Kier alpha value is -1.08. The van der Waals surface area contributed by atoms with Crippen LogP contribution in [0.5, 0.6) is 0 Å². The molecule has 4 heteroatoms. The van der Waals surface area contributed by atoms with Gasteiger partial charge in [-0.1, -0.05) is 19.1 Å². The first-order chi connectivity index (χ1) is 8.74. The Balaban J connectivity index is 0.00000180. The first-order valence-corrected chi connectivity index (χ1v) is 6.67. The topological polar surface area (TPSA) is 53.0 Å². The summed E-state index contributed by atoms with van der Waals surface area (Å²) >= 11 is 0. The maximum absolute atomic E-state index is 8.79. The van der Waals surface area contributed by atoms with Crippen LogP contribution in [0, 0.1) is 17.2 Å². The highest BCUT2D eigenvalue weighted by atomic mass is 35.5. The van der Waals surface area contributed by atoms with Gasteiger partial charge in [0.05, 0.1) is 11.6 Å². The van der Waals surface area contributed by atoms with Crippen LogP contribution in [0.15, 0.2) is 24.3 Å². The Morgan fingerprint density at radius 2 is 2.05 bits per heavy atom. The number of piperidine rings is 1. The fraction of sp³-hybridized carbons (Fsp3) is 0.533. The molecule has 0 aliphatic carbocycles. The molecule has 0 saturated carbocycles. The largest absolute Gasteiger partial charge is 0.329 e. The average Bonchev–Trinajstić information content (AvgIpc) is 2.40. The zero-order valence-electron chi connectivity index (χ0n) is 11.4. The average molecular weight is 280 g/mol. The fourth-order valence-electron chi connectivity index (χ4n) is 2.83. The summed E-state index contributed by atoms with van der Waals surface area (Å²) in [7, 11) is 0. The molecule has 1 aliphatic rings. The van der Waals surface area contributed by atoms with Gasteiger partial charge in [0.1, 0.15) is 0 Å². The summed E-state index contributed by atoms with van der Waals surface area (Å²) in [5.74, 6) is 0.683. The molecule has 2 N–H and O–H groups in total. The summed E-state index contributed by atoms with van der Waals surface area (Å²) in [6.45, 7) is 5.10. The normalized spacial score (nSPS) is 23.4. The zero-order valence-corrected chi connectivity index (χ0v) is 12.2. The van der Waals surface area contributed by atoms with Crippen LogP contribution in [0.4, 0.5) is 0 Å². The lowest BCUT2D eigenvalue weighted by Crippen LogP contribution is -2.47. The van der Waals surface area contributed by atoms with Crippen molar-refractivity contribution in [3.63, 3.8) is 0 Å². The third-order valence-electron chi connectivity index (χ3n) is 3.94. The summed E-state index contributed by atoms with van der Waals surface area (Å²) in [5.41, 5.74) is 7.89. The molecule has 0 aromatic heterocycles. The minimum absolute atomic E-state index is 0. The zero-order chi connectivity index (χ0) is 13.0. The third kappa shape index (κ3) is 3.94. The summed E-state index contributed by atoms with van der Waals surface area (Å²) in [6.07, 6.45) is 2.54. The SMILES string of the molecule is CC1CCCN(Cc2ccc(C#N)cc2)C1CN.Cl. The van der Waals surface area contributed by atoms with Gasteiger partial charge >= 0.3 is 0 Å². The van der Waals surface area contributed by atoms with Crippen molar-refractivity contribution in [2.45, 2.75) is 32.4 Å². The van der Waals surface area contributed by atoms with E-state index in [1.165, 1.54) is 18.4 Å². The predicted octanol–water partition coefficient (Wildman–Crippen LogP) is 2.54. The summed E-state index contributed by atoms with van der Waals surface area (Å²) in [5, 5.41) is 8.79. The highest BCUT2D eigenvalue weighted by molar-refractivity contribution is 5.85. The minimum atomic E-state index is 0. The summed E-state index contributed by atoms with van der Waals surface area (Å²) in [6, 6.07) is 10.5. The quantitative estimate of drug-likeness (QED) is 0.925. The standard InChI is InChI=1S/C15H21N3.ClH/c1-12-3-2-8-18(15(12)10-17)11-14-6-4-13(9-16)5-7-14;/h4-7,12,15H,2-3,8,10-11,17H2,1H3;1H. The second-order valence-electron chi connectivity index (χ2n) is 5.20. The van der Waals surface area contributed by atoms with E-state index in [9.17, 15) is 0 Å². The van der Waals surface area contributed by atoms with E-state index in [0.29, 0.717) is 12.0 Å². The van der Waals surface area contributed by atoms with Crippen molar-refractivity contribution in [1.82, 2.24) is 4.90 Å². The van der Waals surface area contributed by atoms with Gasteiger partial charge in [0.2, 0.25) is 0 Å². The van der Waals surface area contributed by atoms with Crippen LogP contribution in [0.3, 0.4) is 0 Å². The van der Waals surface area contributed by atoms with E-state index in [1.54, 1.807) is 0 Å². The number of benzene rings is 1. The Morgan fingerprint density at radius 3 is 2.63 bits per heavy atom. The van der Waals surface area contributed by atoms with Gasteiger partial charge in [0, 0.05) is 19.1 Å². The van der Waals surface area contributed by atoms with E-state index >= 15 is 0 Å². The number of likely N-dealkylation sites (tertiary alicyclic amines) is 1. The van der Waals surface area contributed by atoms with Crippen LogP contribution in [0.2, 0.25) is 0 Å². The second-order valence-corrected chi connectivity index (χ2v) is 5.20. The molecule has 1 heterocycles. The highest BCUT2D eigenvalue weighted by Crippen LogP contribution is 2.24. The molecule has 2 rings (SSSR count). The third-order valence-corrected chi connectivity index (χ3v) is 3.94. The van der Waals surface area contributed by atoms with Crippen molar-refractivity contribution < 1.29 is 0 Å². The predicted molar refractivity (Wildman–Crippen MR) is 80.1 cm³/mol. The maximum atomic E-state index is 8.79. The lowest BCUT2D eigenvalue weighted by molar-refractivity contribution is 0.0991. The van der Waals surface area contributed by atoms with Crippen LogP contribution < -0.4 is 5.73 Å². The summed E-state index contributed by atoms with van der Waals surface area (Å²) < 4.78 is 0. The smallest absolute Gasteiger partial charge is 0.0991 e. The molecular formula is C15H22ClN3. The number of hydrogen-bond donors (Lipinski definition) is 1. The van der Waals surface area contributed by atoms with E-state index < -0.39 is 0 Å². The molecular weight excluding hydrogens is 258 g/mol. The van der Waals surface area contributed by atoms with Crippen molar-refractivity contribution >= 4 is 12.4 Å². The Morgan fingerprint density at radius 1 is 1.37 bits per heavy atom. The van der Waals surface area contributed by atoms with Gasteiger partial charge in [-0.25, -0.2) is 0 Å². The molecule has 1 aromatic carbocycles. The van der Waals surface area contributed by atoms with Crippen LogP contribution in [0.1, 0.15) is 30.9 Å². The molecule has 19 heavy (non-hydrogen) atoms. The second kappa shape index (κ2) is 7.49. The van der Waals surface area contributed by atoms with Gasteiger partial charge in [-0.2, -0.15) is 5.26 Å². The lowest BCUT2D eigenvalue weighted by atomic mass is 9.90. The van der Waals surface area contributed by atoms with Crippen LogP contribution in [0.25, 0.3) is 0 Å². The molecule has 2 unspecified atom stereocenters. The van der Waals surface area contributed by atoms with Gasteiger partial charge in [0.15, 0.2) is 0 Å². The molecule has 1 aliphatic heterocycles. The number of nitrogens with zero attached hydrogens (tertiary/aromatic N) is 2. The molecule has 0 amide bonds. The van der Waals surface area contributed by atoms with Gasteiger partial charge in [-0.3, -0.25) is 4.90 Å². The van der Waals surface area contributed by atoms with Gasteiger partial charge in [-0.15, -0.1) is 12.4 Å². The molecule has 3 nitrogen and oxygen atoms in total. The van der Waals surface area contributed by atoms with Gasteiger partial charge in [0.25, 0.3) is 0 Å². The van der Waals surface area contributed by atoms with Crippen molar-refractivity contribution in [3.8, 4) is 6.07 Å². The van der Waals surface area contributed by atoms with E-state index in [0.717, 1.165) is 25.2 Å². The maximum Gasteiger partial charge on any atom is 0.0991 e. The molecule has 1 fully saturated rings. The number of hydrogen-bond acceptors (Lipinski definition) is 3. The lowest BCUT2D eigenvalue weighted by Gasteiger charge is -2.39. The van der Waals surface area contributed by atoms with Gasteiger partial charge in [-0.05, 0) is 43.0 Å². The Kier molecular flexibility index (Phi) is 6.30. The van der Waals surface area contributed by atoms with Crippen molar-refractivity contribution in [2.75, 3.05) is 13.1 Å². The van der Waals surface area contributed by atoms with Crippen LogP contribution >= 0.6 is 12.4 Å².